The molecule has 0 saturated heterocycles. The number of aryl methyl sites for hydroxylation is 1. The third kappa shape index (κ3) is 2.49. The van der Waals surface area contributed by atoms with Gasteiger partial charge in [0, 0.05) is 29.0 Å². The van der Waals surface area contributed by atoms with Crippen LogP contribution in [0.1, 0.15) is 30.1 Å². The second kappa shape index (κ2) is 5.13. The molecule has 0 aliphatic heterocycles. The van der Waals surface area contributed by atoms with Crippen LogP contribution in [0.15, 0.2) is 22.9 Å². The zero-order chi connectivity index (χ0) is 13.4. The summed E-state index contributed by atoms with van der Waals surface area (Å²) < 4.78 is 2.88. The van der Waals surface area contributed by atoms with Gasteiger partial charge in [0.05, 0.1) is 17.9 Å². The zero-order valence-corrected chi connectivity index (χ0v) is 12.9. The fourth-order valence-corrected chi connectivity index (χ4v) is 3.06. The molecule has 19 heavy (non-hydrogen) atoms. The summed E-state index contributed by atoms with van der Waals surface area (Å²) in [5.74, 6) is 0. The Morgan fingerprint density at radius 3 is 3.16 bits per heavy atom. The first kappa shape index (κ1) is 12.9. The monoisotopic (exact) mass is 340 g/mol. The van der Waals surface area contributed by atoms with Gasteiger partial charge in [-0.15, -0.1) is 0 Å². The molecular weight excluding hydrogens is 328 g/mol. The molecule has 1 atom stereocenters. The van der Waals surface area contributed by atoms with E-state index in [1.807, 2.05) is 24.0 Å². The van der Waals surface area contributed by atoms with E-state index in [4.69, 9.17) is 11.6 Å². The predicted molar refractivity (Wildman–Crippen MR) is 79.5 cm³/mol. The minimum absolute atomic E-state index is 0.256. The Morgan fingerprint density at radius 1 is 1.47 bits per heavy atom. The Morgan fingerprint density at radius 2 is 2.32 bits per heavy atom. The highest BCUT2D eigenvalue weighted by molar-refractivity contribution is 9.10. The van der Waals surface area contributed by atoms with Crippen molar-refractivity contribution in [2.75, 3.05) is 5.32 Å². The lowest BCUT2D eigenvalue weighted by atomic mass is 9.93. The van der Waals surface area contributed by atoms with Crippen LogP contribution in [-0.2, 0) is 13.5 Å². The van der Waals surface area contributed by atoms with Crippen LogP contribution in [0.3, 0.4) is 0 Å². The van der Waals surface area contributed by atoms with Crippen LogP contribution in [-0.4, -0.2) is 14.8 Å². The smallest absolute Gasteiger partial charge is 0.152 e. The molecule has 2 heterocycles. The predicted octanol–water partition coefficient (Wildman–Crippen LogP) is 3.72. The fourth-order valence-electron chi connectivity index (χ4n) is 2.57. The molecule has 0 saturated carbocycles. The molecular formula is C13H14BrClN4. The van der Waals surface area contributed by atoms with Crippen LogP contribution in [0.25, 0.3) is 0 Å². The lowest BCUT2D eigenvalue weighted by Crippen LogP contribution is -2.18. The molecule has 100 valence electrons. The van der Waals surface area contributed by atoms with Gasteiger partial charge in [-0.05, 0) is 41.3 Å². The van der Waals surface area contributed by atoms with E-state index in [2.05, 4.69) is 31.3 Å². The molecule has 0 amide bonds. The molecule has 2 aromatic heterocycles. The van der Waals surface area contributed by atoms with Gasteiger partial charge in [-0.3, -0.25) is 4.68 Å². The van der Waals surface area contributed by atoms with E-state index in [0.717, 1.165) is 29.4 Å². The number of rotatable bonds is 2. The zero-order valence-electron chi connectivity index (χ0n) is 10.5. The number of nitrogens with one attached hydrogen (secondary N) is 1. The number of hydrogen-bond donors (Lipinski definition) is 1. The summed E-state index contributed by atoms with van der Waals surface area (Å²) in [6.45, 7) is 0. The second-order valence-electron chi connectivity index (χ2n) is 4.75. The van der Waals surface area contributed by atoms with Crippen LogP contribution in [0.5, 0.6) is 0 Å². The van der Waals surface area contributed by atoms with Gasteiger partial charge in [-0.2, -0.15) is 5.10 Å². The maximum atomic E-state index is 6.13. The number of pyridine rings is 1. The minimum atomic E-state index is 0.256. The van der Waals surface area contributed by atoms with Crippen molar-refractivity contribution in [2.24, 2.45) is 7.05 Å². The molecule has 2 aromatic rings. The summed E-state index contributed by atoms with van der Waals surface area (Å²) in [6, 6.07) is 2.21. The number of aromatic nitrogens is 3. The van der Waals surface area contributed by atoms with Crippen molar-refractivity contribution in [1.29, 1.82) is 0 Å². The maximum Gasteiger partial charge on any atom is 0.152 e. The average molecular weight is 342 g/mol. The molecule has 4 nitrogen and oxygen atoms in total. The molecule has 0 fully saturated rings. The second-order valence-corrected chi connectivity index (χ2v) is 6.02. The van der Waals surface area contributed by atoms with E-state index in [0.29, 0.717) is 5.15 Å². The third-order valence-electron chi connectivity index (χ3n) is 3.51. The van der Waals surface area contributed by atoms with Gasteiger partial charge in [0.25, 0.3) is 0 Å². The highest BCUT2D eigenvalue weighted by atomic mass is 79.9. The molecule has 6 heteroatoms. The SMILES string of the molecule is Cn1ncc2c1CCCC2Nc1cc(Br)cnc1Cl. The maximum absolute atomic E-state index is 6.13. The largest absolute Gasteiger partial charge is 0.376 e. The van der Waals surface area contributed by atoms with Crippen LogP contribution in [0.2, 0.25) is 5.15 Å². The van der Waals surface area contributed by atoms with Crippen LogP contribution >= 0.6 is 27.5 Å². The first-order valence-electron chi connectivity index (χ1n) is 6.23. The van der Waals surface area contributed by atoms with Crippen molar-refractivity contribution in [3.8, 4) is 0 Å². The summed E-state index contributed by atoms with van der Waals surface area (Å²) in [7, 11) is 1.99. The molecule has 0 spiro atoms. The van der Waals surface area contributed by atoms with Crippen molar-refractivity contribution in [2.45, 2.75) is 25.3 Å². The highest BCUT2D eigenvalue weighted by Gasteiger charge is 2.23. The van der Waals surface area contributed by atoms with E-state index < -0.39 is 0 Å². The summed E-state index contributed by atoms with van der Waals surface area (Å²) in [5.41, 5.74) is 3.44. The Balaban J connectivity index is 1.90. The lowest BCUT2D eigenvalue weighted by Gasteiger charge is -2.25. The number of nitrogens with zero attached hydrogens (tertiary/aromatic N) is 3. The van der Waals surface area contributed by atoms with Crippen LogP contribution in [0, 0.1) is 0 Å². The molecule has 0 aromatic carbocycles. The van der Waals surface area contributed by atoms with Crippen molar-refractivity contribution < 1.29 is 0 Å². The number of hydrogen-bond acceptors (Lipinski definition) is 3. The van der Waals surface area contributed by atoms with Gasteiger partial charge in [0.15, 0.2) is 5.15 Å². The van der Waals surface area contributed by atoms with E-state index >= 15 is 0 Å². The first-order chi connectivity index (χ1) is 9.15. The standard InChI is InChI=1S/C13H14BrClN4/c1-19-12-4-2-3-10(9(12)7-17-19)18-11-5-8(14)6-16-13(11)15/h5-7,10,18H,2-4H2,1H3. The molecule has 1 N–H and O–H groups in total. The van der Waals surface area contributed by atoms with E-state index in [-0.39, 0.29) is 6.04 Å². The van der Waals surface area contributed by atoms with Gasteiger partial charge >= 0.3 is 0 Å². The number of halogens is 2. The summed E-state index contributed by atoms with van der Waals surface area (Å²) in [6.07, 6.45) is 6.98. The Labute approximate surface area is 125 Å². The van der Waals surface area contributed by atoms with Gasteiger partial charge < -0.3 is 5.32 Å². The topological polar surface area (TPSA) is 42.7 Å². The number of anilines is 1. The van der Waals surface area contributed by atoms with Gasteiger partial charge in [0.1, 0.15) is 0 Å². The van der Waals surface area contributed by atoms with Crippen molar-refractivity contribution in [1.82, 2.24) is 14.8 Å². The summed E-state index contributed by atoms with van der Waals surface area (Å²) in [5, 5.41) is 8.33. The molecule has 1 aliphatic carbocycles. The van der Waals surface area contributed by atoms with Crippen molar-refractivity contribution in [3.63, 3.8) is 0 Å². The highest BCUT2D eigenvalue weighted by Crippen LogP contribution is 2.34. The van der Waals surface area contributed by atoms with Gasteiger partial charge in [-0.1, -0.05) is 11.6 Å². The molecule has 3 rings (SSSR count). The Bertz CT molecular complexity index is 611. The Hall–Kier alpha value is -1.07. The van der Waals surface area contributed by atoms with Crippen molar-refractivity contribution >= 4 is 33.2 Å². The van der Waals surface area contributed by atoms with Gasteiger partial charge in [0.2, 0.25) is 0 Å². The summed E-state index contributed by atoms with van der Waals surface area (Å²) >= 11 is 9.55. The van der Waals surface area contributed by atoms with E-state index in [1.54, 1.807) is 6.20 Å². The van der Waals surface area contributed by atoms with E-state index in [9.17, 15) is 0 Å². The molecule has 1 unspecified atom stereocenters. The molecule has 0 bridgehead atoms. The fraction of sp³-hybridized carbons (Fsp3) is 0.385. The Kier molecular flexibility index (Phi) is 3.50. The first-order valence-corrected chi connectivity index (χ1v) is 7.40. The lowest BCUT2D eigenvalue weighted by molar-refractivity contribution is 0.571. The number of fused-ring (bicyclic) bond motifs is 1. The quantitative estimate of drug-likeness (QED) is 0.847. The minimum Gasteiger partial charge on any atom is -0.376 e. The average Bonchev–Trinajstić information content (AvgIpc) is 2.77. The summed E-state index contributed by atoms with van der Waals surface area (Å²) in [4.78, 5) is 4.14. The van der Waals surface area contributed by atoms with Gasteiger partial charge in [-0.25, -0.2) is 4.98 Å². The van der Waals surface area contributed by atoms with Crippen LogP contribution in [0.4, 0.5) is 5.69 Å². The van der Waals surface area contributed by atoms with E-state index in [1.165, 1.54) is 11.3 Å². The third-order valence-corrected chi connectivity index (χ3v) is 4.25. The molecule has 0 radical (unpaired) electrons. The molecule has 1 aliphatic rings. The normalized spacial score (nSPS) is 18.2. The van der Waals surface area contributed by atoms with Crippen molar-refractivity contribution in [3.05, 3.63) is 39.3 Å². The van der Waals surface area contributed by atoms with Crippen LogP contribution < -0.4 is 5.32 Å².